The Bertz CT molecular complexity index is 328. The Morgan fingerprint density at radius 2 is 2.38 bits per heavy atom. The number of aliphatic hydroxyl groups excluding tert-OH is 1. The Hall–Kier alpha value is -0.930. The van der Waals surface area contributed by atoms with Crippen molar-refractivity contribution in [2.24, 2.45) is 5.41 Å². The van der Waals surface area contributed by atoms with Crippen LogP contribution in [0.25, 0.3) is 0 Å². The van der Waals surface area contributed by atoms with E-state index in [1.165, 1.54) is 6.42 Å². The fraction of sp³-hybridized carbons (Fsp3) is 0.615. The minimum absolute atomic E-state index is 0.0764. The maximum atomic E-state index is 9.39. The van der Waals surface area contributed by atoms with Gasteiger partial charge in [0.05, 0.1) is 5.69 Å². The van der Waals surface area contributed by atoms with E-state index in [1.54, 1.807) is 0 Å². The van der Waals surface area contributed by atoms with E-state index in [1.807, 2.05) is 18.3 Å². The molecule has 3 nitrogen and oxygen atoms in total. The van der Waals surface area contributed by atoms with Gasteiger partial charge in [0.25, 0.3) is 0 Å². The number of hydrogen-bond acceptors (Lipinski definition) is 3. The maximum absolute atomic E-state index is 9.39. The highest BCUT2D eigenvalue weighted by molar-refractivity contribution is 5.03. The summed E-state index contributed by atoms with van der Waals surface area (Å²) in [5.41, 5.74) is 1.19. The quantitative estimate of drug-likeness (QED) is 0.842. The predicted octanol–water partition coefficient (Wildman–Crippen LogP) is 1.68. The van der Waals surface area contributed by atoms with Gasteiger partial charge in [-0.05, 0) is 31.5 Å². The second kappa shape index (κ2) is 4.93. The summed E-state index contributed by atoms with van der Waals surface area (Å²) in [6.45, 7) is 5.44. The molecule has 2 rings (SSSR count). The van der Waals surface area contributed by atoms with Crippen LogP contribution in [0.5, 0.6) is 0 Å². The molecule has 1 aromatic rings. The van der Waals surface area contributed by atoms with Crippen LogP contribution in [-0.2, 0) is 6.54 Å². The molecule has 88 valence electrons. The van der Waals surface area contributed by atoms with Gasteiger partial charge >= 0.3 is 0 Å². The van der Waals surface area contributed by atoms with Crippen LogP contribution in [0, 0.1) is 5.41 Å². The highest BCUT2D eigenvalue weighted by atomic mass is 16.3. The number of rotatable bonds is 3. The van der Waals surface area contributed by atoms with Gasteiger partial charge < -0.3 is 5.11 Å². The van der Waals surface area contributed by atoms with Gasteiger partial charge in [0.15, 0.2) is 0 Å². The van der Waals surface area contributed by atoms with E-state index >= 15 is 0 Å². The van der Waals surface area contributed by atoms with Crippen molar-refractivity contribution in [2.45, 2.75) is 26.3 Å². The molecule has 3 heteroatoms. The Morgan fingerprint density at radius 1 is 1.50 bits per heavy atom. The van der Waals surface area contributed by atoms with Gasteiger partial charge in [-0.1, -0.05) is 13.0 Å². The van der Waals surface area contributed by atoms with E-state index in [4.69, 9.17) is 0 Å². The standard InChI is InChI=1S/C13H20N2O/c1-13(11-16)6-4-8-15(10-13)9-12-5-2-3-7-14-12/h2-3,5,7,16H,4,6,8-11H2,1H3. The lowest BCUT2D eigenvalue weighted by Crippen LogP contribution is -2.43. The molecule has 16 heavy (non-hydrogen) atoms. The van der Waals surface area contributed by atoms with Gasteiger partial charge in [-0.25, -0.2) is 0 Å². The zero-order chi connectivity index (χ0) is 11.4. The number of pyridine rings is 1. The first-order valence-electron chi connectivity index (χ1n) is 5.95. The second-order valence-electron chi connectivity index (χ2n) is 5.10. The number of piperidine rings is 1. The predicted molar refractivity (Wildman–Crippen MR) is 63.9 cm³/mol. The van der Waals surface area contributed by atoms with Crippen molar-refractivity contribution in [3.05, 3.63) is 30.1 Å². The van der Waals surface area contributed by atoms with E-state index in [2.05, 4.69) is 22.9 Å². The Labute approximate surface area is 97.1 Å². The van der Waals surface area contributed by atoms with E-state index in [0.717, 1.165) is 31.7 Å². The fourth-order valence-electron chi connectivity index (χ4n) is 2.41. The molecule has 1 atom stereocenters. The molecule has 2 heterocycles. The van der Waals surface area contributed by atoms with E-state index < -0.39 is 0 Å². The van der Waals surface area contributed by atoms with E-state index in [9.17, 15) is 5.11 Å². The van der Waals surface area contributed by atoms with Crippen LogP contribution in [0.1, 0.15) is 25.5 Å². The zero-order valence-corrected chi connectivity index (χ0v) is 9.89. The SMILES string of the molecule is CC1(CO)CCCN(Cc2ccccn2)C1. The summed E-state index contributed by atoms with van der Waals surface area (Å²) in [5, 5.41) is 9.39. The lowest BCUT2D eigenvalue weighted by atomic mass is 9.83. The van der Waals surface area contributed by atoms with Gasteiger partial charge in [0.2, 0.25) is 0 Å². The molecule has 1 saturated heterocycles. The summed E-state index contributed by atoms with van der Waals surface area (Å²) in [6, 6.07) is 6.03. The Balaban J connectivity index is 1.96. The first-order valence-corrected chi connectivity index (χ1v) is 5.95. The van der Waals surface area contributed by atoms with Crippen LogP contribution in [0.15, 0.2) is 24.4 Å². The van der Waals surface area contributed by atoms with Crippen LogP contribution >= 0.6 is 0 Å². The summed E-state index contributed by atoms with van der Waals surface area (Å²) < 4.78 is 0. The lowest BCUT2D eigenvalue weighted by Gasteiger charge is -2.39. The maximum Gasteiger partial charge on any atom is 0.0543 e. The summed E-state index contributed by atoms with van der Waals surface area (Å²) in [6.07, 6.45) is 4.14. The van der Waals surface area contributed by atoms with Crippen LogP contribution < -0.4 is 0 Å². The zero-order valence-electron chi connectivity index (χ0n) is 9.89. The first kappa shape index (κ1) is 11.6. The minimum Gasteiger partial charge on any atom is -0.396 e. The van der Waals surface area contributed by atoms with Gasteiger partial charge in [-0.3, -0.25) is 9.88 Å². The van der Waals surface area contributed by atoms with Crippen molar-refractivity contribution < 1.29 is 5.11 Å². The molecule has 0 aromatic carbocycles. The molecule has 0 radical (unpaired) electrons. The smallest absolute Gasteiger partial charge is 0.0543 e. The largest absolute Gasteiger partial charge is 0.396 e. The van der Waals surface area contributed by atoms with E-state index in [-0.39, 0.29) is 12.0 Å². The van der Waals surface area contributed by atoms with Gasteiger partial charge in [0.1, 0.15) is 0 Å². The average Bonchev–Trinajstić information content (AvgIpc) is 2.30. The number of hydrogen-bond donors (Lipinski definition) is 1. The molecule has 1 aromatic heterocycles. The normalized spacial score (nSPS) is 26.9. The van der Waals surface area contributed by atoms with Gasteiger partial charge in [-0.2, -0.15) is 0 Å². The highest BCUT2D eigenvalue weighted by Crippen LogP contribution is 2.29. The number of likely N-dealkylation sites (tertiary alicyclic amines) is 1. The minimum atomic E-state index is 0.0764. The third kappa shape index (κ3) is 2.80. The molecule has 0 saturated carbocycles. The van der Waals surface area contributed by atoms with Crippen molar-refractivity contribution in [3.63, 3.8) is 0 Å². The van der Waals surface area contributed by atoms with Gasteiger partial charge in [0, 0.05) is 31.3 Å². The molecule has 1 N–H and O–H groups in total. The third-order valence-corrected chi connectivity index (χ3v) is 3.35. The molecule has 0 spiro atoms. The second-order valence-corrected chi connectivity index (χ2v) is 5.10. The summed E-state index contributed by atoms with van der Waals surface area (Å²) in [4.78, 5) is 6.73. The monoisotopic (exact) mass is 220 g/mol. The molecule has 1 aliphatic heterocycles. The van der Waals surface area contributed by atoms with E-state index in [0.29, 0.717) is 0 Å². The third-order valence-electron chi connectivity index (χ3n) is 3.35. The molecular formula is C13H20N2O. The number of aromatic nitrogens is 1. The number of nitrogens with zero attached hydrogens (tertiary/aromatic N) is 2. The summed E-state index contributed by atoms with van der Waals surface area (Å²) in [7, 11) is 0. The lowest BCUT2D eigenvalue weighted by molar-refractivity contribution is 0.0424. The van der Waals surface area contributed by atoms with Crippen LogP contribution in [0.4, 0.5) is 0 Å². The van der Waals surface area contributed by atoms with Crippen molar-refractivity contribution >= 4 is 0 Å². The summed E-state index contributed by atoms with van der Waals surface area (Å²) >= 11 is 0. The van der Waals surface area contributed by atoms with Crippen molar-refractivity contribution in [3.8, 4) is 0 Å². The Kier molecular flexibility index (Phi) is 3.56. The highest BCUT2D eigenvalue weighted by Gasteiger charge is 2.30. The molecule has 0 amide bonds. The molecule has 0 bridgehead atoms. The van der Waals surface area contributed by atoms with Gasteiger partial charge in [-0.15, -0.1) is 0 Å². The van der Waals surface area contributed by atoms with Crippen LogP contribution in [0.2, 0.25) is 0 Å². The average molecular weight is 220 g/mol. The van der Waals surface area contributed by atoms with Crippen LogP contribution in [0.3, 0.4) is 0 Å². The molecule has 1 aliphatic rings. The van der Waals surface area contributed by atoms with Crippen molar-refractivity contribution in [1.29, 1.82) is 0 Å². The van der Waals surface area contributed by atoms with Crippen molar-refractivity contribution in [1.82, 2.24) is 9.88 Å². The van der Waals surface area contributed by atoms with Crippen LogP contribution in [-0.4, -0.2) is 34.7 Å². The molecular weight excluding hydrogens is 200 g/mol. The summed E-state index contributed by atoms with van der Waals surface area (Å²) in [5.74, 6) is 0. The topological polar surface area (TPSA) is 36.4 Å². The molecule has 1 fully saturated rings. The molecule has 1 unspecified atom stereocenters. The first-order chi connectivity index (χ1) is 7.72. The molecule has 0 aliphatic carbocycles. The fourth-order valence-corrected chi connectivity index (χ4v) is 2.41. The van der Waals surface area contributed by atoms with Crippen molar-refractivity contribution in [2.75, 3.05) is 19.7 Å². The Morgan fingerprint density at radius 3 is 3.06 bits per heavy atom. The number of aliphatic hydroxyl groups is 1.